The lowest BCUT2D eigenvalue weighted by Crippen LogP contribution is -2.39. The minimum absolute atomic E-state index is 0.0494. The molecule has 0 aromatic heterocycles. The molecule has 1 aliphatic rings. The van der Waals surface area contributed by atoms with Crippen LogP contribution in [0.15, 0.2) is 47.6 Å². The van der Waals surface area contributed by atoms with E-state index in [1.165, 1.54) is 12.1 Å². The highest BCUT2D eigenvalue weighted by Crippen LogP contribution is 2.24. The number of nitrogens with zero attached hydrogens (tertiary/aromatic N) is 3. The molecule has 0 radical (unpaired) electrons. The van der Waals surface area contributed by atoms with E-state index >= 15 is 0 Å². The van der Waals surface area contributed by atoms with Crippen molar-refractivity contribution in [3.05, 3.63) is 65.2 Å². The average molecular weight is 444 g/mol. The molecule has 32 heavy (non-hydrogen) atoms. The Morgan fingerprint density at radius 2 is 1.81 bits per heavy atom. The SMILES string of the molecule is CN(C)c1ccc(C2=NOC(CN(Cc3ccc(F)cc3F)C(=O)CC(C)(C)C)C2)cc1. The van der Waals surface area contributed by atoms with E-state index in [1.54, 1.807) is 4.90 Å². The van der Waals surface area contributed by atoms with Gasteiger partial charge in [-0.3, -0.25) is 4.79 Å². The van der Waals surface area contributed by atoms with Crippen LogP contribution < -0.4 is 4.90 Å². The van der Waals surface area contributed by atoms with Crippen LogP contribution in [0.4, 0.5) is 14.5 Å². The Morgan fingerprint density at radius 3 is 2.41 bits per heavy atom. The van der Waals surface area contributed by atoms with Crippen LogP contribution in [0.2, 0.25) is 0 Å². The maximum atomic E-state index is 14.3. The van der Waals surface area contributed by atoms with Crippen molar-refractivity contribution >= 4 is 17.3 Å². The van der Waals surface area contributed by atoms with Crippen LogP contribution in [0, 0.1) is 17.0 Å². The first-order chi connectivity index (χ1) is 15.0. The zero-order valence-electron chi connectivity index (χ0n) is 19.4. The highest BCUT2D eigenvalue weighted by molar-refractivity contribution is 6.01. The van der Waals surface area contributed by atoms with Crippen LogP contribution in [0.25, 0.3) is 0 Å². The van der Waals surface area contributed by atoms with Crippen molar-refractivity contribution in [2.75, 3.05) is 25.5 Å². The molecule has 5 nitrogen and oxygen atoms in total. The molecule has 1 amide bonds. The summed E-state index contributed by atoms with van der Waals surface area (Å²) in [5.41, 5.74) is 2.92. The summed E-state index contributed by atoms with van der Waals surface area (Å²) in [7, 11) is 3.96. The Labute approximate surface area is 188 Å². The Balaban J connectivity index is 1.71. The van der Waals surface area contributed by atoms with Gasteiger partial charge in [0.2, 0.25) is 5.91 Å². The number of oxime groups is 1. The number of halogens is 2. The number of hydrogen-bond acceptors (Lipinski definition) is 4. The van der Waals surface area contributed by atoms with E-state index in [0.717, 1.165) is 23.0 Å². The van der Waals surface area contributed by atoms with E-state index in [2.05, 4.69) is 5.16 Å². The van der Waals surface area contributed by atoms with Gasteiger partial charge >= 0.3 is 0 Å². The van der Waals surface area contributed by atoms with Crippen LogP contribution in [-0.2, 0) is 16.2 Å². The number of anilines is 1. The molecule has 0 bridgehead atoms. The summed E-state index contributed by atoms with van der Waals surface area (Å²) in [6.45, 7) is 6.26. The summed E-state index contributed by atoms with van der Waals surface area (Å²) in [5.74, 6) is -1.41. The summed E-state index contributed by atoms with van der Waals surface area (Å²) in [6, 6.07) is 11.4. The first-order valence-electron chi connectivity index (χ1n) is 10.7. The molecule has 172 valence electrons. The first-order valence-corrected chi connectivity index (χ1v) is 10.7. The highest BCUT2D eigenvalue weighted by atomic mass is 19.1. The number of carbonyl (C=O) groups is 1. The van der Waals surface area contributed by atoms with Crippen molar-refractivity contribution in [3.8, 4) is 0 Å². The fraction of sp³-hybridized carbons (Fsp3) is 0.440. The predicted octanol–water partition coefficient (Wildman–Crippen LogP) is 4.99. The second-order valence-electron chi connectivity index (χ2n) is 9.66. The molecule has 0 saturated heterocycles. The molecule has 7 heteroatoms. The molecule has 0 N–H and O–H groups in total. The molecule has 0 saturated carbocycles. The lowest BCUT2D eigenvalue weighted by molar-refractivity contribution is -0.135. The number of carbonyl (C=O) groups excluding carboxylic acids is 1. The summed E-state index contributed by atoms with van der Waals surface area (Å²) in [5, 5.41) is 4.23. The molecule has 3 rings (SSSR count). The van der Waals surface area contributed by atoms with Gasteiger partial charge in [0.25, 0.3) is 0 Å². The minimum Gasteiger partial charge on any atom is -0.390 e. The highest BCUT2D eigenvalue weighted by Gasteiger charge is 2.29. The molecule has 0 fully saturated rings. The van der Waals surface area contributed by atoms with Gasteiger partial charge in [0.05, 0.1) is 12.3 Å². The summed E-state index contributed by atoms with van der Waals surface area (Å²) in [6.07, 6.45) is 0.528. The topological polar surface area (TPSA) is 45.1 Å². The maximum absolute atomic E-state index is 14.3. The molecular formula is C25H31F2N3O2. The average Bonchev–Trinajstić information content (AvgIpc) is 3.16. The number of amides is 1. The van der Waals surface area contributed by atoms with Crippen molar-refractivity contribution in [1.82, 2.24) is 4.90 Å². The zero-order chi connectivity index (χ0) is 23.5. The van der Waals surface area contributed by atoms with E-state index in [1.807, 2.05) is 64.0 Å². The third-order valence-corrected chi connectivity index (χ3v) is 5.28. The van der Waals surface area contributed by atoms with Crippen molar-refractivity contribution in [3.63, 3.8) is 0 Å². The Morgan fingerprint density at radius 1 is 1.12 bits per heavy atom. The Bertz CT molecular complexity index is 982. The first kappa shape index (κ1) is 23.7. The molecule has 2 aromatic carbocycles. The standard InChI is InChI=1S/C25H31F2N3O2/c1-25(2,3)14-24(31)30(15-18-6-9-19(26)12-22(18)27)16-21-13-23(28-32-21)17-7-10-20(11-8-17)29(4)5/h6-12,21H,13-16H2,1-5H3. The van der Waals surface area contributed by atoms with Gasteiger partial charge in [-0.1, -0.05) is 44.1 Å². The summed E-state index contributed by atoms with van der Waals surface area (Å²) >= 11 is 0. The van der Waals surface area contributed by atoms with Crippen molar-refractivity contribution in [2.45, 2.75) is 46.3 Å². The monoisotopic (exact) mass is 443 g/mol. The third-order valence-electron chi connectivity index (χ3n) is 5.28. The van der Waals surface area contributed by atoms with Crippen molar-refractivity contribution < 1.29 is 18.4 Å². The van der Waals surface area contributed by atoms with Crippen LogP contribution >= 0.6 is 0 Å². The number of benzene rings is 2. The van der Waals surface area contributed by atoms with Gasteiger partial charge in [-0.15, -0.1) is 0 Å². The van der Waals surface area contributed by atoms with Gasteiger partial charge in [-0.05, 0) is 29.2 Å². The zero-order valence-corrected chi connectivity index (χ0v) is 19.4. The van der Waals surface area contributed by atoms with Crippen LogP contribution in [0.1, 0.15) is 44.7 Å². The maximum Gasteiger partial charge on any atom is 0.223 e. The van der Waals surface area contributed by atoms with Gasteiger partial charge in [-0.2, -0.15) is 0 Å². The van der Waals surface area contributed by atoms with E-state index < -0.39 is 11.6 Å². The van der Waals surface area contributed by atoms with E-state index in [-0.39, 0.29) is 36.1 Å². The molecular weight excluding hydrogens is 412 g/mol. The normalized spacial score (nSPS) is 15.8. The lowest BCUT2D eigenvalue weighted by Gasteiger charge is -2.28. The number of hydrogen-bond donors (Lipinski definition) is 0. The quantitative estimate of drug-likeness (QED) is 0.606. The molecule has 1 heterocycles. The third kappa shape index (κ3) is 6.28. The largest absolute Gasteiger partial charge is 0.390 e. The van der Waals surface area contributed by atoms with Crippen LogP contribution in [0.5, 0.6) is 0 Å². The van der Waals surface area contributed by atoms with Crippen LogP contribution in [0.3, 0.4) is 0 Å². The Kier molecular flexibility index (Phi) is 7.16. The van der Waals surface area contributed by atoms with Gasteiger partial charge in [-0.25, -0.2) is 8.78 Å². The summed E-state index contributed by atoms with van der Waals surface area (Å²) in [4.78, 5) is 22.2. The van der Waals surface area contributed by atoms with Gasteiger partial charge in [0.15, 0.2) is 6.10 Å². The second kappa shape index (κ2) is 9.67. The Hall–Kier alpha value is -2.96. The molecule has 1 unspecified atom stereocenters. The van der Waals surface area contributed by atoms with E-state index in [9.17, 15) is 13.6 Å². The fourth-order valence-corrected chi connectivity index (χ4v) is 3.57. The van der Waals surface area contributed by atoms with Gasteiger partial charge in [0, 0.05) is 50.8 Å². The molecule has 1 atom stereocenters. The van der Waals surface area contributed by atoms with Crippen molar-refractivity contribution in [1.29, 1.82) is 0 Å². The predicted molar refractivity (Wildman–Crippen MR) is 123 cm³/mol. The summed E-state index contributed by atoms with van der Waals surface area (Å²) < 4.78 is 27.6. The van der Waals surface area contributed by atoms with E-state index in [0.29, 0.717) is 12.8 Å². The molecule has 2 aromatic rings. The smallest absolute Gasteiger partial charge is 0.223 e. The van der Waals surface area contributed by atoms with Gasteiger partial charge < -0.3 is 14.6 Å². The van der Waals surface area contributed by atoms with Gasteiger partial charge in [0.1, 0.15) is 11.6 Å². The molecule has 1 aliphatic heterocycles. The second-order valence-corrected chi connectivity index (χ2v) is 9.66. The molecule has 0 spiro atoms. The van der Waals surface area contributed by atoms with Crippen molar-refractivity contribution in [2.24, 2.45) is 10.6 Å². The lowest BCUT2D eigenvalue weighted by atomic mass is 9.91. The minimum atomic E-state index is -0.663. The van der Waals surface area contributed by atoms with Crippen LogP contribution in [-0.4, -0.2) is 43.3 Å². The molecule has 0 aliphatic carbocycles. The van der Waals surface area contributed by atoms with E-state index in [4.69, 9.17) is 4.84 Å². The number of rotatable bonds is 7. The fourth-order valence-electron chi connectivity index (χ4n) is 3.57.